The molecule has 0 radical (unpaired) electrons. The standard InChI is InChI=1S/C17H21N3OS/c1-4-8-15-14(11-18-17(20-15)22-3)16(21)19-12(2)13-9-6-5-7-10-13/h5-7,9-12H,4,8H2,1-3H3,(H,19,21)/t12-/m0/s1. The lowest BCUT2D eigenvalue weighted by atomic mass is 10.1. The molecule has 1 aromatic heterocycles. The van der Waals surface area contributed by atoms with Crippen LogP contribution < -0.4 is 5.32 Å². The van der Waals surface area contributed by atoms with Crippen LogP contribution in [0.4, 0.5) is 0 Å². The first-order chi connectivity index (χ1) is 10.7. The summed E-state index contributed by atoms with van der Waals surface area (Å²) in [5.41, 5.74) is 2.47. The SMILES string of the molecule is CCCc1nc(SC)ncc1C(=O)N[C@@H](C)c1ccccc1. The van der Waals surface area contributed by atoms with Gasteiger partial charge in [-0.15, -0.1) is 0 Å². The third-order valence-electron chi connectivity index (χ3n) is 3.41. The van der Waals surface area contributed by atoms with E-state index in [1.54, 1.807) is 6.20 Å². The maximum absolute atomic E-state index is 12.5. The van der Waals surface area contributed by atoms with Crippen molar-refractivity contribution in [1.82, 2.24) is 15.3 Å². The highest BCUT2D eigenvalue weighted by Crippen LogP contribution is 2.16. The van der Waals surface area contributed by atoms with Crippen LogP contribution in [0.15, 0.2) is 41.7 Å². The zero-order chi connectivity index (χ0) is 15.9. The first-order valence-electron chi connectivity index (χ1n) is 7.41. The molecule has 5 heteroatoms. The van der Waals surface area contributed by atoms with E-state index in [0.29, 0.717) is 10.7 Å². The van der Waals surface area contributed by atoms with E-state index >= 15 is 0 Å². The minimum absolute atomic E-state index is 0.0524. The van der Waals surface area contributed by atoms with E-state index in [4.69, 9.17) is 0 Å². The molecule has 0 aliphatic heterocycles. The normalized spacial score (nSPS) is 12.0. The van der Waals surface area contributed by atoms with Gasteiger partial charge >= 0.3 is 0 Å². The summed E-state index contributed by atoms with van der Waals surface area (Å²) in [5.74, 6) is -0.118. The molecule has 0 unspecified atom stereocenters. The quantitative estimate of drug-likeness (QED) is 0.653. The van der Waals surface area contributed by atoms with E-state index in [2.05, 4.69) is 22.2 Å². The molecular formula is C17H21N3OS. The number of hydrogen-bond donors (Lipinski definition) is 1. The minimum atomic E-state index is -0.118. The van der Waals surface area contributed by atoms with Crippen molar-refractivity contribution in [3.05, 3.63) is 53.3 Å². The molecule has 1 N–H and O–H groups in total. The summed E-state index contributed by atoms with van der Waals surface area (Å²) in [5, 5.41) is 3.73. The predicted octanol–water partition coefficient (Wildman–Crippen LogP) is 3.64. The monoisotopic (exact) mass is 315 g/mol. The molecule has 116 valence electrons. The van der Waals surface area contributed by atoms with Crippen LogP contribution in [0.3, 0.4) is 0 Å². The number of nitrogens with zero attached hydrogens (tertiary/aromatic N) is 2. The Morgan fingerprint density at radius 3 is 2.68 bits per heavy atom. The number of thioether (sulfide) groups is 1. The highest BCUT2D eigenvalue weighted by molar-refractivity contribution is 7.98. The number of benzene rings is 1. The largest absolute Gasteiger partial charge is 0.345 e. The van der Waals surface area contributed by atoms with Crippen LogP contribution in [0.2, 0.25) is 0 Å². The topological polar surface area (TPSA) is 54.9 Å². The second-order valence-electron chi connectivity index (χ2n) is 5.07. The minimum Gasteiger partial charge on any atom is -0.345 e. The maximum Gasteiger partial charge on any atom is 0.255 e. The number of aromatic nitrogens is 2. The molecule has 22 heavy (non-hydrogen) atoms. The van der Waals surface area contributed by atoms with Crippen LogP contribution in [0.5, 0.6) is 0 Å². The van der Waals surface area contributed by atoms with Crippen molar-refractivity contribution in [3.8, 4) is 0 Å². The van der Waals surface area contributed by atoms with Crippen molar-refractivity contribution in [3.63, 3.8) is 0 Å². The highest BCUT2D eigenvalue weighted by Gasteiger charge is 2.16. The van der Waals surface area contributed by atoms with Gasteiger partial charge in [0.2, 0.25) is 0 Å². The van der Waals surface area contributed by atoms with Gasteiger partial charge in [-0.25, -0.2) is 9.97 Å². The summed E-state index contributed by atoms with van der Waals surface area (Å²) >= 11 is 1.49. The van der Waals surface area contributed by atoms with Crippen LogP contribution in [-0.4, -0.2) is 22.1 Å². The fourth-order valence-corrected chi connectivity index (χ4v) is 2.57. The van der Waals surface area contributed by atoms with E-state index in [9.17, 15) is 4.79 Å². The molecular weight excluding hydrogens is 294 g/mol. The van der Waals surface area contributed by atoms with Gasteiger partial charge in [-0.1, -0.05) is 55.4 Å². The molecule has 1 aromatic carbocycles. The summed E-state index contributed by atoms with van der Waals surface area (Å²) < 4.78 is 0. The van der Waals surface area contributed by atoms with E-state index in [1.807, 2.05) is 43.5 Å². The molecule has 0 aliphatic rings. The molecule has 0 aliphatic carbocycles. The lowest BCUT2D eigenvalue weighted by Gasteiger charge is -2.15. The van der Waals surface area contributed by atoms with E-state index in [1.165, 1.54) is 11.8 Å². The molecule has 4 nitrogen and oxygen atoms in total. The molecule has 0 saturated heterocycles. The van der Waals surface area contributed by atoms with Gasteiger partial charge in [-0.05, 0) is 25.2 Å². The molecule has 1 amide bonds. The van der Waals surface area contributed by atoms with Crippen molar-refractivity contribution in [2.75, 3.05) is 6.26 Å². The van der Waals surface area contributed by atoms with Crippen LogP contribution in [0, 0.1) is 0 Å². The van der Waals surface area contributed by atoms with E-state index < -0.39 is 0 Å². The van der Waals surface area contributed by atoms with Crippen molar-refractivity contribution in [1.29, 1.82) is 0 Å². The Kier molecular flexibility index (Phi) is 5.95. The first-order valence-corrected chi connectivity index (χ1v) is 8.63. The number of carbonyl (C=O) groups is 1. The molecule has 1 atom stereocenters. The lowest BCUT2D eigenvalue weighted by molar-refractivity contribution is 0.0938. The summed E-state index contributed by atoms with van der Waals surface area (Å²) in [6.45, 7) is 4.05. The fraction of sp³-hybridized carbons (Fsp3) is 0.353. The Labute approximate surface area is 135 Å². The van der Waals surface area contributed by atoms with Gasteiger partial charge in [0, 0.05) is 6.20 Å². The molecule has 0 fully saturated rings. The van der Waals surface area contributed by atoms with E-state index in [-0.39, 0.29) is 11.9 Å². The van der Waals surface area contributed by atoms with Gasteiger partial charge in [0.05, 0.1) is 17.3 Å². The molecule has 2 aromatic rings. The molecule has 2 rings (SSSR count). The van der Waals surface area contributed by atoms with Gasteiger partial charge < -0.3 is 5.32 Å². The van der Waals surface area contributed by atoms with Gasteiger partial charge in [-0.3, -0.25) is 4.79 Å². The third kappa shape index (κ3) is 4.07. The number of hydrogen-bond acceptors (Lipinski definition) is 4. The summed E-state index contributed by atoms with van der Waals surface area (Å²) in [6, 6.07) is 9.86. The lowest BCUT2D eigenvalue weighted by Crippen LogP contribution is -2.28. The van der Waals surface area contributed by atoms with E-state index in [0.717, 1.165) is 24.1 Å². The number of rotatable bonds is 6. The highest BCUT2D eigenvalue weighted by atomic mass is 32.2. The van der Waals surface area contributed by atoms with Gasteiger partial charge in [-0.2, -0.15) is 0 Å². The molecule has 0 saturated carbocycles. The van der Waals surface area contributed by atoms with Gasteiger partial charge in [0.25, 0.3) is 5.91 Å². The number of carbonyl (C=O) groups excluding carboxylic acids is 1. The maximum atomic E-state index is 12.5. The third-order valence-corrected chi connectivity index (χ3v) is 3.97. The Morgan fingerprint density at radius 1 is 1.32 bits per heavy atom. The second kappa shape index (κ2) is 7.94. The van der Waals surface area contributed by atoms with Crippen molar-refractivity contribution in [2.24, 2.45) is 0 Å². The Bertz CT molecular complexity index is 631. The second-order valence-corrected chi connectivity index (χ2v) is 5.85. The number of aryl methyl sites for hydroxylation is 1. The van der Waals surface area contributed by atoms with Crippen LogP contribution in [-0.2, 0) is 6.42 Å². The van der Waals surface area contributed by atoms with Crippen LogP contribution in [0.25, 0.3) is 0 Å². The van der Waals surface area contributed by atoms with Crippen LogP contribution >= 0.6 is 11.8 Å². The van der Waals surface area contributed by atoms with Gasteiger partial charge in [0.1, 0.15) is 0 Å². The first kappa shape index (κ1) is 16.5. The zero-order valence-electron chi connectivity index (χ0n) is 13.2. The Hall–Kier alpha value is -1.88. The Balaban J connectivity index is 2.18. The summed E-state index contributed by atoms with van der Waals surface area (Å²) in [6.07, 6.45) is 5.29. The molecule has 0 spiro atoms. The summed E-state index contributed by atoms with van der Waals surface area (Å²) in [7, 11) is 0. The van der Waals surface area contributed by atoms with Crippen molar-refractivity contribution < 1.29 is 4.79 Å². The predicted molar refractivity (Wildman–Crippen MR) is 90.1 cm³/mol. The summed E-state index contributed by atoms with van der Waals surface area (Å²) in [4.78, 5) is 21.2. The molecule has 0 bridgehead atoms. The van der Waals surface area contributed by atoms with Crippen molar-refractivity contribution >= 4 is 17.7 Å². The Morgan fingerprint density at radius 2 is 2.05 bits per heavy atom. The zero-order valence-corrected chi connectivity index (χ0v) is 14.0. The fourth-order valence-electron chi connectivity index (χ4n) is 2.21. The number of amides is 1. The molecule has 1 heterocycles. The smallest absolute Gasteiger partial charge is 0.255 e. The number of nitrogens with one attached hydrogen (secondary N) is 1. The average Bonchev–Trinajstić information content (AvgIpc) is 2.55. The van der Waals surface area contributed by atoms with Gasteiger partial charge in [0.15, 0.2) is 5.16 Å². The van der Waals surface area contributed by atoms with Crippen molar-refractivity contribution in [2.45, 2.75) is 37.9 Å². The van der Waals surface area contributed by atoms with Crippen LogP contribution in [0.1, 0.15) is 47.9 Å². The average molecular weight is 315 g/mol.